The van der Waals surface area contributed by atoms with Crippen molar-refractivity contribution < 1.29 is 19.4 Å². The molecule has 31 heavy (non-hydrogen) atoms. The van der Waals surface area contributed by atoms with Crippen molar-refractivity contribution in [2.24, 2.45) is 11.3 Å². The van der Waals surface area contributed by atoms with E-state index in [1.54, 1.807) is 16.7 Å². The second-order valence-electron chi connectivity index (χ2n) is 8.00. The number of imidazole rings is 1. The van der Waals surface area contributed by atoms with Crippen molar-refractivity contribution in [2.75, 3.05) is 12.4 Å². The molecule has 0 radical (unpaired) electrons. The van der Waals surface area contributed by atoms with E-state index in [9.17, 15) is 19.4 Å². The van der Waals surface area contributed by atoms with Crippen molar-refractivity contribution in [3.05, 3.63) is 47.3 Å². The Labute approximate surface area is 181 Å². The summed E-state index contributed by atoms with van der Waals surface area (Å²) in [6.07, 6.45) is -0.394. The minimum atomic E-state index is -1.19. The van der Waals surface area contributed by atoms with Gasteiger partial charge in [-0.15, -0.1) is 0 Å². The molecule has 0 spiro atoms. The molecule has 2 aliphatic carbocycles. The highest BCUT2D eigenvalue weighted by molar-refractivity contribution is 6.28. The first-order valence-corrected chi connectivity index (χ1v) is 10.2. The monoisotopic (exact) mass is 446 g/mol. The number of nitrogens with one attached hydrogen (secondary N) is 2. The topological polar surface area (TPSA) is 125 Å². The van der Waals surface area contributed by atoms with Gasteiger partial charge in [-0.1, -0.05) is 12.1 Å². The Hall–Kier alpha value is -2.82. The quantitative estimate of drug-likeness (QED) is 0.435. The number of anilines is 1. The second kappa shape index (κ2) is 7.11. The van der Waals surface area contributed by atoms with E-state index in [1.807, 2.05) is 0 Å². The van der Waals surface area contributed by atoms with Crippen molar-refractivity contribution in [1.29, 1.82) is 0 Å². The molecule has 5 atom stereocenters. The smallest absolute Gasteiger partial charge is 0.229 e. The second-order valence-corrected chi connectivity index (χ2v) is 8.34. The Morgan fingerprint density at radius 2 is 2.19 bits per heavy atom. The van der Waals surface area contributed by atoms with E-state index in [1.165, 1.54) is 25.5 Å². The molecule has 5 rings (SSSR count). The summed E-state index contributed by atoms with van der Waals surface area (Å²) in [5.74, 6) is -0.528. The molecule has 2 aromatic heterocycles. The predicted octanol–water partition coefficient (Wildman–Crippen LogP) is 1.26. The van der Waals surface area contributed by atoms with Gasteiger partial charge in [-0.05, 0) is 35.7 Å². The highest BCUT2D eigenvalue weighted by atomic mass is 35.5. The summed E-state index contributed by atoms with van der Waals surface area (Å²) in [5.41, 5.74) is 0.494. The summed E-state index contributed by atoms with van der Waals surface area (Å²) in [4.78, 5) is 25.2. The van der Waals surface area contributed by atoms with Gasteiger partial charge in [0.25, 0.3) is 0 Å². The van der Waals surface area contributed by atoms with Gasteiger partial charge >= 0.3 is 0 Å². The van der Waals surface area contributed by atoms with Gasteiger partial charge in [-0.2, -0.15) is 9.97 Å². The van der Waals surface area contributed by atoms with Crippen molar-refractivity contribution in [2.45, 2.75) is 31.2 Å². The van der Waals surface area contributed by atoms with Crippen molar-refractivity contribution in [3.63, 3.8) is 0 Å². The lowest BCUT2D eigenvalue weighted by Crippen LogP contribution is -2.41. The molecule has 0 aliphatic heterocycles. The van der Waals surface area contributed by atoms with E-state index in [0.717, 1.165) is 0 Å². The number of benzene rings is 1. The molecule has 0 unspecified atom stereocenters. The standard InChI is InChI=1S/C20H20ClFN6O3/c1-23-18(31)20-6-11(20)13(14(29)15(20)30)28-8-25-12-16(26-19(21)27-17(12)28)24-7-9-3-2-4-10(22)5-9/h2-5,8,11,13-15,29-30H,6-7H2,1H3,(H,23,31)(H,24,26,27)/t11-,13-,14+,15+,20-/m1/s1. The first-order chi connectivity index (χ1) is 14.9. The summed E-state index contributed by atoms with van der Waals surface area (Å²) < 4.78 is 15.1. The van der Waals surface area contributed by atoms with Gasteiger partial charge in [-0.3, -0.25) is 4.79 Å². The number of hydrogen-bond acceptors (Lipinski definition) is 7. The molecule has 3 aromatic rings. The highest BCUT2D eigenvalue weighted by Crippen LogP contribution is 2.67. The third-order valence-electron chi connectivity index (χ3n) is 6.39. The Bertz CT molecular complexity index is 1190. The Morgan fingerprint density at radius 1 is 1.39 bits per heavy atom. The third-order valence-corrected chi connectivity index (χ3v) is 6.56. The molecule has 2 fully saturated rings. The number of fused-ring (bicyclic) bond motifs is 2. The fraction of sp³-hybridized carbons (Fsp3) is 0.400. The van der Waals surface area contributed by atoms with E-state index in [2.05, 4.69) is 25.6 Å². The summed E-state index contributed by atoms with van der Waals surface area (Å²) in [6.45, 7) is 0.292. The van der Waals surface area contributed by atoms with Gasteiger partial charge < -0.3 is 25.4 Å². The van der Waals surface area contributed by atoms with E-state index < -0.39 is 23.7 Å². The number of halogens is 2. The Balaban J connectivity index is 1.49. The molecule has 2 aliphatic rings. The minimum absolute atomic E-state index is 0.0302. The summed E-state index contributed by atoms with van der Waals surface area (Å²) >= 11 is 6.14. The molecule has 2 saturated carbocycles. The maximum Gasteiger partial charge on any atom is 0.229 e. The zero-order valence-electron chi connectivity index (χ0n) is 16.5. The molecule has 0 saturated heterocycles. The zero-order chi connectivity index (χ0) is 21.9. The van der Waals surface area contributed by atoms with Gasteiger partial charge in [0.1, 0.15) is 11.9 Å². The SMILES string of the molecule is CNC(=O)[C@]12C[C@@H]1[C@@H](n1cnc3c(NCc4cccc(F)c4)nc(Cl)nc31)[C@H](O)[C@@H]2O. The van der Waals surface area contributed by atoms with Crippen LogP contribution in [0.3, 0.4) is 0 Å². The normalized spacial score (nSPS) is 29.1. The van der Waals surface area contributed by atoms with Crippen molar-refractivity contribution >= 4 is 34.5 Å². The molecule has 2 heterocycles. The van der Waals surface area contributed by atoms with Gasteiger partial charge in [0.05, 0.1) is 23.9 Å². The number of aliphatic hydroxyl groups is 2. The van der Waals surface area contributed by atoms with E-state index in [-0.39, 0.29) is 22.9 Å². The van der Waals surface area contributed by atoms with Crippen LogP contribution in [0.5, 0.6) is 0 Å². The van der Waals surface area contributed by atoms with Crippen molar-refractivity contribution in [3.8, 4) is 0 Å². The van der Waals surface area contributed by atoms with Crippen LogP contribution in [0.2, 0.25) is 5.28 Å². The molecule has 9 nitrogen and oxygen atoms in total. The van der Waals surface area contributed by atoms with Gasteiger partial charge in [0.15, 0.2) is 17.0 Å². The average molecular weight is 447 g/mol. The maximum atomic E-state index is 13.4. The van der Waals surface area contributed by atoms with Crippen LogP contribution in [-0.2, 0) is 11.3 Å². The van der Waals surface area contributed by atoms with Crippen LogP contribution < -0.4 is 10.6 Å². The molecule has 11 heteroatoms. The lowest BCUT2D eigenvalue weighted by molar-refractivity contribution is -0.132. The summed E-state index contributed by atoms with van der Waals surface area (Å²) in [5, 5.41) is 27.0. The zero-order valence-corrected chi connectivity index (χ0v) is 17.2. The van der Waals surface area contributed by atoms with Gasteiger partial charge in [0, 0.05) is 19.5 Å². The van der Waals surface area contributed by atoms with Crippen molar-refractivity contribution in [1.82, 2.24) is 24.8 Å². The molecule has 1 aromatic carbocycles. The van der Waals surface area contributed by atoms with Crippen LogP contribution in [0.4, 0.5) is 10.2 Å². The number of aliphatic hydroxyl groups excluding tert-OH is 2. The number of carbonyl (C=O) groups excluding carboxylic acids is 1. The fourth-order valence-electron chi connectivity index (χ4n) is 4.85. The van der Waals surface area contributed by atoms with Gasteiger partial charge in [0.2, 0.25) is 11.2 Å². The number of hydrogen-bond donors (Lipinski definition) is 4. The molecule has 1 amide bonds. The van der Waals surface area contributed by atoms with Crippen LogP contribution in [-0.4, -0.2) is 54.9 Å². The number of rotatable bonds is 5. The number of amides is 1. The lowest BCUT2D eigenvalue weighted by Gasteiger charge is -2.23. The molecule has 0 bridgehead atoms. The summed E-state index contributed by atoms with van der Waals surface area (Å²) in [7, 11) is 1.51. The predicted molar refractivity (Wildman–Crippen MR) is 110 cm³/mol. The Kier molecular flexibility index (Phi) is 4.61. The van der Waals surface area contributed by atoms with Crippen LogP contribution in [0.25, 0.3) is 11.2 Å². The Morgan fingerprint density at radius 3 is 2.94 bits per heavy atom. The fourth-order valence-corrected chi connectivity index (χ4v) is 5.02. The average Bonchev–Trinajstić information content (AvgIpc) is 3.29. The van der Waals surface area contributed by atoms with Gasteiger partial charge in [-0.25, -0.2) is 9.37 Å². The summed E-state index contributed by atoms with van der Waals surface area (Å²) in [6, 6.07) is 5.58. The first kappa shape index (κ1) is 20.1. The minimum Gasteiger partial charge on any atom is -0.389 e. The molecular formula is C20H20ClFN6O3. The molecule has 162 valence electrons. The van der Waals surface area contributed by atoms with Crippen LogP contribution >= 0.6 is 11.6 Å². The largest absolute Gasteiger partial charge is 0.389 e. The third kappa shape index (κ3) is 2.97. The molecular weight excluding hydrogens is 427 g/mol. The van der Waals surface area contributed by atoms with E-state index >= 15 is 0 Å². The van der Waals surface area contributed by atoms with E-state index in [0.29, 0.717) is 35.5 Å². The van der Waals surface area contributed by atoms with Crippen LogP contribution in [0.1, 0.15) is 18.0 Å². The highest BCUT2D eigenvalue weighted by Gasteiger charge is 2.75. The number of carbonyl (C=O) groups is 1. The first-order valence-electron chi connectivity index (χ1n) is 9.83. The number of nitrogens with zero attached hydrogens (tertiary/aromatic N) is 4. The van der Waals surface area contributed by atoms with Crippen LogP contribution in [0, 0.1) is 17.2 Å². The lowest BCUT2D eigenvalue weighted by atomic mass is 9.98. The maximum absolute atomic E-state index is 13.4. The molecule has 4 N–H and O–H groups in total. The van der Waals surface area contributed by atoms with Crippen LogP contribution in [0.15, 0.2) is 30.6 Å². The number of aromatic nitrogens is 4. The van der Waals surface area contributed by atoms with E-state index in [4.69, 9.17) is 11.6 Å².